The number of fused-ring (bicyclic) bond motifs is 2. The van der Waals surface area contributed by atoms with Crippen molar-refractivity contribution < 1.29 is 37.4 Å². The summed E-state index contributed by atoms with van der Waals surface area (Å²) in [6, 6.07) is 19.2. The molecule has 13 heteroatoms. The molecule has 1 unspecified atom stereocenters. The van der Waals surface area contributed by atoms with Crippen LogP contribution in [0.2, 0.25) is 0 Å². The molecule has 3 atom stereocenters. The Hall–Kier alpha value is -5.56. The zero-order valence-corrected chi connectivity index (χ0v) is 33.3. The molecule has 6 aliphatic heterocycles. The highest BCUT2D eigenvalue weighted by Crippen LogP contribution is 2.49. The molecule has 4 aromatic carbocycles. The quantitative estimate of drug-likeness (QED) is 0.199. The van der Waals surface area contributed by atoms with Crippen LogP contribution in [0.5, 0.6) is 11.5 Å². The van der Waals surface area contributed by atoms with E-state index in [1.807, 2.05) is 17.0 Å². The van der Waals surface area contributed by atoms with E-state index in [0.29, 0.717) is 60.0 Å². The molecule has 0 bridgehead atoms. The topological polar surface area (TPSA) is 106 Å². The van der Waals surface area contributed by atoms with Gasteiger partial charge < -0.3 is 29.4 Å². The molecule has 60 heavy (non-hydrogen) atoms. The number of likely N-dealkylation sites (tertiary alicyclic amines) is 1. The predicted octanol–water partition coefficient (Wildman–Crippen LogP) is 6.70. The number of carbonyl (C=O) groups excluding carboxylic acids is 3. The van der Waals surface area contributed by atoms with Gasteiger partial charge in [-0.3, -0.25) is 19.7 Å². The first-order valence-corrected chi connectivity index (χ1v) is 21.2. The first-order valence-electron chi connectivity index (χ1n) is 21.2. The lowest BCUT2D eigenvalue weighted by atomic mass is 9.71. The summed E-state index contributed by atoms with van der Waals surface area (Å²) in [5.41, 5.74) is 4.32. The number of rotatable bonds is 7. The zero-order chi connectivity index (χ0) is 41.3. The number of amides is 3. The second kappa shape index (κ2) is 15.2. The van der Waals surface area contributed by atoms with Crippen molar-refractivity contribution >= 4 is 29.1 Å². The molecule has 10 rings (SSSR count). The number of aromatic hydroxyl groups is 1. The number of benzene rings is 4. The van der Waals surface area contributed by atoms with E-state index in [4.69, 9.17) is 4.74 Å². The maximum atomic E-state index is 16.1. The average Bonchev–Trinajstić information content (AvgIpc) is 3.55. The van der Waals surface area contributed by atoms with E-state index in [0.717, 1.165) is 69.7 Å². The third-order valence-electron chi connectivity index (χ3n) is 14.1. The summed E-state index contributed by atoms with van der Waals surface area (Å²) in [7, 11) is 0. The molecule has 0 aromatic heterocycles. The minimum absolute atomic E-state index is 0.0133. The van der Waals surface area contributed by atoms with Gasteiger partial charge in [-0.25, -0.2) is 13.2 Å². The summed E-state index contributed by atoms with van der Waals surface area (Å²) in [6.45, 7) is 6.50. The van der Waals surface area contributed by atoms with Crippen molar-refractivity contribution in [2.75, 3.05) is 62.2 Å². The van der Waals surface area contributed by atoms with Crippen LogP contribution in [-0.2, 0) is 16.1 Å². The van der Waals surface area contributed by atoms with Gasteiger partial charge in [-0.15, -0.1) is 0 Å². The first-order chi connectivity index (χ1) is 29.0. The summed E-state index contributed by atoms with van der Waals surface area (Å²) in [6.07, 6.45) is 4.47. The largest absolute Gasteiger partial charge is 0.508 e. The number of anilines is 2. The molecule has 3 amide bonds. The molecule has 0 aliphatic carbocycles. The Morgan fingerprint density at radius 1 is 0.800 bits per heavy atom. The van der Waals surface area contributed by atoms with Crippen LogP contribution in [0.15, 0.2) is 72.8 Å². The van der Waals surface area contributed by atoms with E-state index < -0.39 is 41.2 Å². The summed E-state index contributed by atoms with van der Waals surface area (Å²) in [5.74, 6) is -2.80. The molecule has 312 valence electrons. The number of halogens is 3. The lowest BCUT2D eigenvalue weighted by Crippen LogP contribution is -2.60. The van der Waals surface area contributed by atoms with Crippen molar-refractivity contribution in [1.82, 2.24) is 15.1 Å². The van der Waals surface area contributed by atoms with Crippen LogP contribution >= 0.6 is 0 Å². The normalized spacial score (nSPS) is 24.2. The van der Waals surface area contributed by atoms with E-state index >= 15 is 13.2 Å². The van der Waals surface area contributed by atoms with E-state index in [1.165, 1.54) is 30.3 Å². The zero-order valence-electron chi connectivity index (χ0n) is 33.3. The van der Waals surface area contributed by atoms with Crippen LogP contribution in [0.3, 0.4) is 0 Å². The number of nitrogens with one attached hydrogen (secondary N) is 1. The minimum atomic E-state index is -0.638. The van der Waals surface area contributed by atoms with E-state index in [-0.39, 0.29) is 41.7 Å². The SMILES string of the molecule is O=C1CCC(N2Cc3cc(N4CC5(CCN(CC6CCN(c7c(F)cc([C@H]8c9ccc(O)cc9OC[C@H]8c8ccccc8F)cc7F)CC6)CC5)C4)ccc3C2=O)C(=O)N1. The number of imide groups is 1. The Morgan fingerprint density at radius 3 is 2.28 bits per heavy atom. The second-order valence-electron chi connectivity index (χ2n) is 17.8. The molecular weight excluding hydrogens is 772 g/mol. The van der Waals surface area contributed by atoms with Crippen molar-refractivity contribution in [3.63, 3.8) is 0 Å². The van der Waals surface area contributed by atoms with Gasteiger partial charge in [0.25, 0.3) is 5.91 Å². The number of piperidine rings is 3. The van der Waals surface area contributed by atoms with Crippen LogP contribution in [0, 0.1) is 28.8 Å². The molecule has 0 radical (unpaired) electrons. The number of carbonyl (C=O) groups is 3. The number of nitrogens with zero attached hydrogens (tertiary/aromatic N) is 4. The second-order valence-corrected chi connectivity index (χ2v) is 17.8. The Morgan fingerprint density at radius 2 is 1.55 bits per heavy atom. The highest BCUT2D eigenvalue weighted by atomic mass is 19.1. The van der Waals surface area contributed by atoms with Gasteiger partial charge in [0.05, 0.1) is 6.61 Å². The molecule has 4 saturated heterocycles. The molecule has 4 fully saturated rings. The molecule has 4 aromatic rings. The van der Waals surface area contributed by atoms with Gasteiger partial charge in [-0.2, -0.15) is 0 Å². The molecular formula is C47H48F3N5O5. The smallest absolute Gasteiger partial charge is 0.255 e. The number of phenolic OH excluding ortho intramolecular Hbond substituents is 1. The van der Waals surface area contributed by atoms with Gasteiger partial charge in [-0.1, -0.05) is 24.3 Å². The van der Waals surface area contributed by atoms with Crippen LogP contribution in [0.4, 0.5) is 24.5 Å². The van der Waals surface area contributed by atoms with E-state index in [2.05, 4.69) is 21.2 Å². The van der Waals surface area contributed by atoms with E-state index in [9.17, 15) is 19.5 Å². The molecule has 0 saturated carbocycles. The molecule has 1 spiro atoms. The number of phenols is 1. The molecule has 6 heterocycles. The third kappa shape index (κ3) is 6.94. The summed E-state index contributed by atoms with van der Waals surface area (Å²) >= 11 is 0. The molecule has 6 aliphatic rings. The monoisotopic (exact) mass is 819 g/mol. The minimum Gasteiger partial charge on any atom is -0.508 e. The van der Waals surface area contributed by atoms with E-state index in [1.54, 1.807) is 29.2 Å². The van der Waals surface area contributed by atoms with Crippen molar-refractivity contribution in [3.8, 4) is 11.5 Å². The lowest BCUT2D eigenvalue weighted by Gasteiger charge is -2.55. The van der Waals surface area contributed by atoms with Gasteiger partial charge >= 0.3 is 0 Å². The van der Waals surface area contributed by atoms with Gasteiger partial charge in [0.15, 0.2) is 0 Å². The van der Waals surface area contributed by atoms with Gasteiger partial charge in [0.2, 0.25) is 11.8 Å². The Balaban J connectivity index is 0.735. The summed E-state index contributed by atoms with van der Waals surface area (Å²) in [5, 5.41) is 12.5. The van der Waals surface area contributed by atoms with Crippen molar-refractivity contribution in [3.05, 3.63) is 118 Å². The van der Waals surface area contributed by atoms with Crippen LogP contribution in [0.1, 0.15) is 83.0 Å². The fraction of sp³-hybridized carbons (Fsp3) is 0.426. The van der Waals surface area contributed by atoms with Crippen molar-refractivity contribution in [2.24, 2.45) is 11.3 Å². The van der Waals surface area contributed by atoms with Gasteiger partial charge in [0.1, 0.15) is 40.7 Å². The highest BCUT2D eigenvalue weighted by molar-refractivity contribution is 6.05. The number of hydrogen-bond acceptors (Lipinski definition) is 8. The fourth-order valence-electron chi connectivity index (χ4n) is 10.9. The molecule has 10 nitrogen and oxygen atoms in total. The highest BCUT2D eigenvalue weighted by Gasteiger charge is 2.46. The van der Waals surface area contributed by atoms with Crippen molar-refractivity contribution in [2.45, 2.75) is 62.9 Å². The Kier molecular flexibility index (Phi) is 9.76. The Labute approximate surface area is 346 Å². The summed E-state index contributed by atoms with van der Waals surface area (Å²) in [4.78, 5) is 45.6. The molecule has 2 N–H and O–H groups in total. The van der Waals surface area contributed by atoms with Crippen LogP contribution < -0.4 is 19.9 Å². The predicted molar refractivity (Wildman–Crippen MR) is 219 cm³/mol. The van der Waals surface area contributed by atoms with Crippen molar-refractivity contribution in [1.29, 1.82) is 0 Å². The maximum absolute atomic E-state index is 16.1. The Bertz CT molecular complexity index is 2350. The van der Waals surface area contributed by atoms with Gasteiger partial charge in [-0.05, 0) is 110 Å². The third-order valence-corrected chi connectivity index (χ3v) is 14.1. The summed E-state index contributed by atoms with van der Waals surface area (Å²) < 4.78 is 53.3. The number of hydrogen-bond donors (Lipinski definition) is 2. The van der Waals surface area contributed by atoms with Crippen LogP contribution in [-0.4, -0.2) is 91.1 Å². The van der Waals surface area contributed by atoms with Crippen LogP contribution in [0.25, 0.3) is 0 Å². The lowest BCUT2D eigenvalue weighted by molar-refractivity contribution is -0.136. The first kappa shape index (κ1) is 38.6. The fourth-order valence-corrected chi connectivity index (χ4v) is 10.9. The standard InChI is InChI=1S/C47H48F3N5O5/c48-37-4-2-1-3-34(37)36-25-60-41-22-32(56)6-8-35(41)43(36)29-20-38(49)44(39(50)21-29)53-15-11-28(12-16-53)23-52-17-13-47(14-18-52)26-54(27-47)31-5-7-33-30(19-31)24-55(46(33)59)40-9-10-42(57)51-45(40)58/h1-8,19-22,28,36,40,43,56H,9-18,23-27H2,(H,51,57,58)/t36-,40?,43-/m0/s1. The average molecular weight is 820 g/mol. The maximum Gasteiger partial charge on any atom is 0.255 e. The van der Waals surface area contributed by atoms with Gasteiger partial charge in [0, 0.05) is 85.8 Å². The number of ether oxygens (including phenoxy) is 1.